The lowest BCUT2D eigenvalue weighted by molar-refractivity contribution is 0.413. The third-order valence-electron chi connectivity index (χ3n) is 8.27. The van der Waals surface area contributed by atoms with E-state index in [-0.39, 0.29) is 0 Å². The topological polar surface area (TPSA) is 113 Å². The number of aromatic nitrogens is 5. The van der Waals surface area contributed by atoms with E-state index in [0.717, 1.165) is 57.5 Å². The van der Waals surface area contributed by atoms with Gasteiger partial charge in [0.05, 0.1) is 34.7 Å². The van der Waals surface area contributed by atoms with Crippen LogP contribution in [0.2, 0.25) is 0 Å². The highest BCUT2D eigenvalue weighted by Crippen LogP contribution is 2.44. The molecule has 0 atom stereocenters. The molecular weight excluding hydrogens is 677 g/mol. The molecule has 0 aliphatic heterocycles. The third kappa shape index (κ3) is 7.30. The average Bonchev–Trinajstić information content (AvgIpc) is 3.80. The van der Waals surface area contributed by atoms with E-state index in [2.05, 4.69) is 79.7 Å². The number of fused-ring (bicyclic) bond motifs is 1. The number of halogens is 1. The van der Waals surface area contributed by atoms with Crippen molar-refractivity contribution in [3.8, 4) is 16.9 Å². The van der Waals surface area contributed by atoms with Crippen LogP contribution in [0, 0.1) is 0 Å². The Bertz CT molecular complexity index is 1990. The van der Waals surface area contributed by atoms with Crippen molar-refractivity contribution in [1.29, 1.82) is 0 Å². The molecule has 47 heavy (non-hydrogen) atoms. The van der Waals surface area contributed by atoms with Crippen LogP contribution >= 0.6 is 23.1 Å². The van der Waals surface area contributed by atoms with Gasteiger partial charge in [0.15, 0.2) is 0 Å². The zero-order chi connectivity index (χ0) is 33.5. The highest BCUT2D eigenvalue weighted by molar-refractivity contribution is 9.10. The van der Waals surface area contributed by atoms with Crippen molar-refractivity contribution < 1.29 is 9.30 Å². The maximum Gasteiger partial charge on any atom is 0.229 e. The molecule has 3 heterocycles. The molecule has 1 aliphatic rings. The van der Waals surface area contributed by atoms with Gasteiger partial charge < -0.3 is 29.7 Å². The van der Waals surface area contributed by atoms with Crippen LogP contribution in [-0.4, -0.2) is 84.3 Å². The number of hydrogen-bond acceptors (Lipinski definition) is 10. The number of benzene rings is 2. The van der Waals surface area contributed by atoms with Crippen molar-refractivity contribution in [3.05, 3.63) is 65.2 Å². The van der Waals surface area contributed by atoms with E-state index in [0.29, 0.717) is 33.6 Å². The highest BCUT2D eigenvalue weighted by Gasteiger charge is 2.27. The molecule has 11 nitrogen and oxygen atoms in total. The molecule has 0 spiro atoms. The molecule has 0 amide bonds. The molecule has 2 N–H and O–H groups in total. The standard InChI is InChI=1S/C34H41BrN9O2P/c1-42(2)14-15-43(3)30-17-31(46-5)29(16-24(30)22-18-37-44(4)20-22)40-34-36-19-25(35)33(41-34)39-28-13-12-27-23(32(28)47(6,7)45)10-11-26(38-27)21-8-9-21/h10-13,16-21H,8-9,14-15H2,1-7H3,(H2,36,39,40,41). The van der Waals surface area contributed by atoms with Gasteiger partial charge in [0.1, 0.15) is 18.7 Å². The number of pyridine rings is 1. The Balaban J connectivity index is 1.35. The van der Waals surface area contributed by atoms with E-state index in [9.17, 15) is 4.57 Å². The van der Waals surface area contributed by atoms with Gasteiger partial charge in [-0.3, -0.25) is 9.67 Å². The number of ether oxygens (including phenoxy) is 1. The van der Waals surface area contributed by atoms with E-state index in [1.54, 1.807) is 31.3 Å². The maximum absolute atomic E-state index is 13.7. The van der Waals surface area contributed by atoms with Gasteiger partial charge in [0.25, 0.3) is 0 Å². The second-order valence-electron chi connectivity index (χ2n) is 12.7. The van der Waals surface area contributed by atoms with Crippen molar-refractivity contribution in [2.45, 2.75) is 18.8 Å². The van der Waals surface area contributed by atoms with Crippen molar-refractivity contribution >= 4 is 68.1 Å². The van der Waals surface area contributed by atoms with E-state index >= 15 is 0 Å². The zero-order valence-corrected chi connectivity index (χ0v) is 30.4. The number of methoxy groups -OCH3 is 1. The molecule has 1 aliphatic carbocycles. The van der Waals surface area contributed by atoms with Crippen LogP contribution in [0.3, 0.4) is 0 Å². The van der Waals surface area contributed by atoms with Gasteiger partial charge in [0, 0.05) is 84.8 Å². The summed E-state index contributed by atoms with van der Waals surface area (Å²) in [6, 6.07) is 12.1. The first-order chi connectivity index (χ1) is 22.4. The SMILES string of the molecule is COc1cc(N(C)CCN(C)C)c(-c2cnn(C)c2)cc1Nc1ncc(Br)c(Nc2ccc3nc(C4CC4)ccc3c2P(C)(C)=O)n1. The van der Waals surface area contributed by atoms with Crippen molar-refractivity contribution in [3.63, 3.8) is 0 Å². The van der Waals surface area contributed by atoms with Gasteiger partial charge in [-0.25, -0.2) is 4.98 Å². The molecule has 13 heteroatoms. The molecule has 1 saturated carbocycles. The van der Waals surface area contributed by atoms with Crippen LogP contribution in [0.25, 0.3) is 22.0 Å². The molecule has 0 bridgehead atoms. The summed E-state index contributed by atoms with van der Waals surface area (Å²) in [5.41, 5.74) is 6.39. The van der Waals surface area contributed by atoms with E-state index in [1.165, 1.54) is 12.8 Å². The fourth-order valence-corrected chi connectivity index (χ4v) is 7.44. The zero-order valence-electron chi connectivity index (χ0n) is 27.9. The Morgan fingerprint density at radius 3 is 2.47 bits per heavy atom. The van der Waals surface area contributed by atoms with Crippen molar-refractivity contribution in [1.82, 2.24) is 29.6 Å². The first-order valence-corrected chi connectivity index (χ1v) is 18.9. The summed E-state index contributed by atoms with van der Waals surface area (Å²) in [7, 11) is 7.05. The van der Waals surface area contributed by atoms with Crippen LogP contribution in [0.15, 0.2) is 59.5 Å². The van der Waals surface area contributed by atoms with E-state index < -0.39 is 7.14 Å². The predicted molar refractivity (Wildman–Crippen MR) is 196 cm³/mol. The Morgan fingerprint density at radius 1 is 1.02 bits per heavy atom. The average molecular weight is 719 g/mol. The lowest BCUT2D eigenvalue weighted by Gasteiger charge is -2.25. The van der Waals surface area contributed by atoms with Gasteiger partial charge in [-0.1, -0.05) is 6.07 Å². The van der Waals surface area contributed by atoms with Crippen LogP contribution < -0.4 is 25.6 Å². The second kappa shape index (κ2) is 13.3. The molecule has 5 aromatic rings. The number of nitrogens with zero attached hydrogens (tertiary/aromatic N) is 7. The summed E-state index contributed by atoms with van der Waals surface area (Å²) in [6.07, 6.45) is 7.90. The fraction of sp³-hybridized carbons (Fsp3) is 0.353. The third-order valence-corrected chi connectivity index (χ3v) is 10.4. The molecule has 2 aromatic carbocycles. The molecule has 246 valence electrons. The number of anilines is 5. The fourth-order valence-electron chi connectivity index (χ4n) is 5.67. The highest BCUT2D eigenvalue weighted by atomic mass is 79.9. The number of likely N-dealkylation sites (N-methyl/N-ethyl adjacent to an activating group) is 2. The molecule has 0 unspecified atom stereocenters. The van der Waals surface area contributed by atoms with Crippen molar-refractivity contribution in [2.75, 3.05) is 70.2 Å². The van der Waals surface area contributed by atoms with Crippen LogP contribution in [0.4, 0.5) is 28.8 Å². The Hall–Kier alpha value is -3.99. The minimum absolute atomic E-state index is 0.370. The summed E-state index contributed by atoms with van der Waals surface area (Å²) in [6.45, 7) is 5.31. The minimum Gasteiger partial charge on any atom is -0.494 e. The Labute approximate surface area is 284 Å². The number of rotatable bonds is 12. The predicted octanol–water partition coefficient (Wildman–Crippen LogP) is 6.81. The minimum atomic E-state index is -2.72. The lowest BCUT2D eigenvalue weighted by Crippen LogP contribution is -2.28. The van der Waals surface area contributed by atoms with Gasteiger partial charge >= 0.3 is 0 Å². The summed E-state index contributed by atoms with van der Waals surface area (Å²) >= 11 is 3.61. The number of hydrogen-bond donors (Lipinski definition) is 2. The van der Waals surface area contributed by atoms with Crippen LogP contribution in [-0.2, 0) is 11.6 Å². The summed E-state index contributed by atoms with van der Waals surface area (Å²) in [5, 5.41) is 12.9. The maximum atomic E-state index is 13.7. The molecule has 0 saturated heterocycles. The Morgan fingerprint density at radius 2 is 1.81 bits per heavy atom. The van der Waals surface area contributed by atoms with Crippen LogP contribution in [0.1, 0.15) is 24.5 Å². The normalized spacial score (nSPS) is 13.3. The van der Waals surface area contributed by atoms with Gasteiger partial charge in [0.2, 0.25) is 5.95 Å². The summed E-state index contributed by atoms with van der Waals surface area (Å²) in [5.74, 6) is 2.09. The molecule has 0 radical (unpaired) electrons. The Kier molecular flexibility index (Phi) is 9.29. The molecule has 3 aromatic heterocycles. The molecule has 6 rings (SSSR count). The van der Waals surface area contributed by atoms with Crippen LogP contribution in [0.5, 0.6) is 5.75 Å². The smallest absolute Gasteiger partial charge is 0.229 e. The van der Waals surface area contributed by atoms with Gasteiger partial charge in [-0.2, -0.15) is 10.1 Å². The first-order valence-electron chi connectivity index (χ1n) is 15.5. The summed E-state index contributed by atoms with van der Waals surface area (Å²) < 4.78 is 22.0. The van der Waals surface area contributed by atoms with E-state index in [1.807, 2.05) is 43.7 Å². The molecule has 1 fully saturated rings. The largest absolute Gasteiger partial charge is 0.494 e. The number of aryl methyl sites for hydroxylation is 1. The lowest BCUT2D eigenvalue weighted by atomic mass is 10.0. The monoisotopic (exact) mass is 717 g/mol. The van der Waals surface area contributed by atoms with Gasteiger partial charge in [-0.05, 0) is 80.5 Å². The van der Waals surface area contributed by atoms with Crippen molar-refractivity contribution in [2.24, 2.45) is 7.05 Å². The van der Waals surface area contributed by atoms with E-state index in [4.69, 9.17) is 14.7 Å². The molecular formula is C34H41BrN9O2P. The van der Waals surface area contributed by atoms with Gasteiger partial charge in [-0.15, -0.1) is 0 Å². The second-order valence-corrected chi connectivity index (χ2v) is 16.7. The summed E-state index contributed by atoms with van der Waals surface area (Å²) in [4.78, 5) is 18.7. The quantitative estimate of drug-likeness (QED) is 0.134. The first kappa shape index (κ1) is 32.9. The number of nitrogens with one attached hydrogen (secondary N) is 2.